The number of carbonyl (C=O) groups excluding carboxylic acids is 1. The third-order valence-electron chi connectivity index (χ3n) is 2.26. The average molecular weight is 271 g/mol. The topological polar surface area (TPSA) is 70.1 Å². The summed E-state index contributed by atoms with van der Waals surface area (Å²) in [6, 6.07) is 0. The van der Waals surface area contributed by atoms with E-state index in [9.17, 15) is 4.79 Å². The molecule has 0 radical (unpaired) electrons. The summed E-state index contributed by atoms with van der Waals surface area (Å²) in [5.74, 6) is -0.137. The van der Waals surface area contributed by atoms with Crippen LogP contribution in [0.3, 0.4) is 0 Å². The summed E-state index contributed by atoms with van der Waals surface area (Å²) in [6.07, 6.45) is 2.05. The van der Waals surface area contributed by atoms with E-state index in [4.69, 9.17) is 0 Å². The smallest absolute Gasteiger partial charge is 0.282 e. The van der Waals surface area contributed by atoms with Crippen LogP contribution < -0.4 is 10.6 Å². The van der Waals surface area contributed by atoms with E-state index in [1.807, 2.05) is 21.0 Å². The summed E-state index contributed by atoms with van der Waals surface area (Å²) in [7, 11) is 4.09. The predicted molar refractivity (Wildman–Crippen MR) is 74.2 cm³/mol. The van der Waals surface area contributed by atoms with Gasteiger partial charge in [-0.15, -0.1) is 10.2 Å². The molecule has 6 nitrogen and oxygen atoms in total. The van der Waals surface area contributed by atoms with Crippen LogP contribution in [0.2, 0.25) is 0 Å². The number of carbonyl (C=O) groups is 1. The Morgan fingerprint density at radius 3 is 2.78 bits per heavy atom. The quantitative estimate of drug-likeness (QED) is 0.691. The van der Waals surface area contributed by atoms with E-state index in [-0.39, 0.29) is 5.91 Å². The number of anilines is 1. The SMILES string of the molecule is CCNc1nnc(C(=O)NCCCCN(C)C)s1. The van der Waals surface area contributed by atoms with Crippen LogP contribution in [0.1, 0.15) is 29.6 Å². The minimum Gasteiger partial charge on any atom is -0.360 e. The summed E-state index contributed by atoms with van der Waals surface area (Å²) >= 11 is 1.28. The number of amides is 1. The predicted octanol–water partition coefficient (Wildman–Crippen LogP) is 1.04. The monoisotopic (exact) mass is 271 g/mol. The van der Waals surface area contributed by atoms with Gasteiger partial charge in [0.1, 0.15) is 0 Å². The molecule has 0 spiro atoms. The van der Waals surface area contributed by atoms with Gasteiger partial charge in [0.15, 0.2) is 0 Å². The van der Waals surface area contributed by atoms with Crippen molar-refractivity contribution in [3.63, 3.8) is 0 Å². The van der Waals surface area contributed by atoms with Crippen molar-refractivity contribution < 1.29 is 4.79 Å². The van der Waals surface area contributed by atoms with Crippen molar-refractivity contribution in [1.82, 2.24) is 20.4 Å². The summed E-state index contributed by atoms with van der Waals surface area (Å²) in [4.78, 5) is 13.9. The highest BCUT2D eigenvalue weighted by molar-refractivity contribution is 7.17. The Morgan fingerprint density at radius 2 is 2.11 bits per heavy atom. The van der Waals surface area contributed by atoms with Gasteiger partial charge < -0.3 is 15.5 Å². The Kier molecular flexibility index (Phi) is 6.59. The van der Waals surface area contributed by atoms with E-state index < -0.39 is 0 Å². The molecule has 0 aliphatic rings. The Bertz CT molecular complexity index is 366. The minimum atomic E-state index is -0.137. The molecule has 1 aromatic heterocycles. The summed E-state index contributed by atoms with van der Waals surface area (Å²) in [5.41, 5.74) is 0. The zero-order valence-corrected chi connectivity index (χ0v) is 12.0. The van der Waals surface area contributed by atoms with Crippen molar-refractivity contribution in [2.24, 2.45) is 0 Å². The second-order valence-corrected chi connectivity index (χ2v) is 5.19. The average Bonchev–Trinajstić information content (AvgIpc) is 2.77. The Hall–Kier alpha value is -1.21. The first-order valence-corrected chi connectivity index (χ1v) is 6.95. The molecule has 0 unspecified atom stereocenters. The maximum atomic E-state index is 11.7. The van der Waals surface area contributed by atoms with Gasteiger partial charge in [-0.05, 0) is 40.4 Å². The molecule has 0 saturated carbocycles. The van der Waals surface area contributed by atoms with E-state index in [0.29, 0.717) is 16.7 Å². The van der Waals surface area contributed by atoms with Gasteiger partial charge in [-0.2, -0.15) is 0 Å². The molecule has 1 heterocycles. The molecule has 1 amide bonds. The number of nitrogens with zero attached hydrogens (tertiary/aromatic N) is 3. The van der Waals surface area contributed by atoms with E-state index >= 15 is 0 Å². The Balaban J connectivity index is 2.23. The molecule has 1 aromatic rings. The normalized spacial score (nSPS) is 10.7. The number of aromatic nitrogens is 2. The molecule has 18 heavy (non-hydrogen) atoms. The molecular formula is C11H21N5OS. The first-order chi connectivity index (χ1) is 8.63. The van der Waals surface area contributed by atoms with E-state index in [1.54, 1.807) is 0 Å². The van der Waals surface area contributed by atoms with Crippen molar-refractivity contribution >= 4 is 22.4 Å². The summed E-state index contributed by atoms with van der Waals surface area (Å²) in [5, 5.41) is 14.7. The second-order valence-electron chi connectivity index (χ2n) is 4.21. The third kappa shape index (κ3) is 5.42. The molecule has 0 aliphatic heterocycles. The van der Waals surface area contributed by atoms with E-state index in [0.717, 1.165) is 25.9 Å². The van der Waals surface area contributed by atoms with Crippen LogP contribution in [-0.4, -0.2) is 54.7 Å². The molecule has 0 fully saturated rings. The van der Waals surface area contributed by atoms with Crippen molar-refractivity contribution in [2.45, 2.75) is 19.8 Å². The molecule has 102 valence electrons. The van der Waals surface area contributed by atoms with Crippen LogP contribution in [0.25, 0.3) is 0 Å². The van der Waals surface area contributed by atoms with Crippen LogP contribution >= 0.6 is 11.3 Å². The molecule has 0 bridgehead atoms. The molecular weight excluding hydrogens is 250 g/mol. The van der Waals surface area contributed by atoms with Crippen molar-refractivity contribution in [1.29, 1.82) is 0 Å². The van der Waals surface area contributed by atoms with Gasteiger partial charge in [0.05, 0.1) is 0 Å². The van der Waals surface area contributed by atoms with Crippen molar-refractivity contribution in [3.05, 3.63) is 5.01 Å². The second kappa shape index (κ2) is 7.99. The first-order valence-electron chi connectivity index (χ1n) is 6.13. The lowest BCUT2D eigenvalue weighted by atomic mass is 10.3. The first kappa shape index (κ1) is 14.8. The number of unbranched alkanes of at least 4 members (excludes halogenated alkanes) is 1. The summed E-state index contributed by atoms with van der Waals surface area (Å²) < 4.78 is 0. The lowest BCUT2D eigenvalue weighted by Crippen LogP contribution is -2.25. The van der Waals surface area contributed by atoms with Crippen molar-refractivity contribution in [2.75, 3.05) is 39.0 Å². The van der Waals surface area contributed by atoms with Crippen molar-refractivity contribution in [3.8, 4) is 0 Å². The van der Waals surface area contributed by atoms with Gasteiger partial charge in [-0.1, -0.05) is 11.3 Å². The minimum absolute atomic E-state index is 0.137. The summed E-state index contributed by atoms with van der Waals surface area (Å²) in [6.45, 7) is 4.48. The molecule has 1 rings (SSSR count). The van der Waals surface area contributed by atoms with Gasteiger partial charge in [-0.3, -0.25) is 4.79 Å². The molecule has 2 N–H and O–H groups in total. The Labute approximate surface area is 112 Å². The van der Waals surface area contributed by atoms with Gasteiger partial charge in [-0.25, -0.2) is 0 Å². The molecule has 0 atom stereocenters. The van der Waals surface area contributed by atoms with Gasteiger partial charge >= 0.3 is 0 Å². The fraction of sp³-hybridized carbons (Fsp3) is 0.727. The maximum Gasteiger partial charge on any atom is 0.282 e. The van der Waals surface area contributed by atoms with Crippen LogP contribution in [0.15, 0.2) is 0 Å². The lowest BCUT2D eigenvalue weighted by Gasteiger charge is -2.08. The number of nitrogens with one attached hydrogen (secondary N) is 2. The molecule has 0 aromatic carbocycles. The van der Waals surface area contributed by atoms with Gasteiger partial charge in [0.2, 0.25) is 10.1 Å². The fourth-order valence-corrected chi connectivity index (χ4v) is 2.10. The van der Waals surface area contributed by atoms with Crippen LogP contribution in [0, 0.1) is 0 Å². The van der Waals surface area contributed by atoms with E-state index in [1.165, 1.54) is 11.3 Å². The lowest BCUT2D eigenvalue weighted by molar-refractivity contribution is 0.0951. The zero-order chi connectivity index (χ0) is 13.4. The highest BCUT2D eigenvalue weighted by Gasteiger charge is 2.11. The van der Waals surface area contributed by atoms with E-state index in [2.05, 4.69) is 25.7 Å². The standard InChI is InChI=1S/C11H21N5OS/c1-4-12-11-15-14-10(18-11)9(17)13-7-5-6-8-16(2)3/h4-8H2,1-3H3,(H,12,15)(H,13,17). The maximum absolute atomic E-state index is 11.7. The fourth-order valence-electron chi connectivity index (χ4n) is 1.37. The van der Waals surface area contributed by atoms with Crippen LogP contribution in [-0.2, 0) is 0 Å². The van der Waals surface area contributed by atoms with Crippen LogP contribution in [0.4, 0.5) is 5.13 Å². The number of hydrogen-bond acceptors (Lipinski definition) is 6. The molecule has 0 saturated heterocycles. The highest BCUT2D eigenvalue weighted by Crippen LogP contribution is 2.14. The molecule has 7 heteroatoms. The Morgan fingerprint density at radius 1 is 1.33 bits per heavy atom. The zero-order valence-electron chi connectivity index (χ0n) is 11.2. The molecule has 0 aliphatic carbocycles. The number of rotatable bonds is 8. The number of hydrogen-bond donors (Lipinski definition) is 2. The van der Waals surface area contributed by atoms with Crippen LogP contribution in [0.5, 0.6) is 0 Å². The third-order valence-corrected chi connectivity index (χ3v) is 3.14. The van der Waals surface area contributed by atoms with Gasteiger partial charge in [0, 0.05) is 13.1 Å². The van der Waals surface area contributed by atoms with Gasteiger partial charge in [0.25, 0.3) is 5.91 Å². The highest BCUT2D eigenvalue weighted by atomic mass is 32.1. The largest absolute Gasteiger partial charge is 0.360 e.